The number of methoxy groups -OCH3 is 1. The van der Waals surface area contributed by atoms with E-state index in [2.05, 4.69) is 14.9 Å². The number of aromatic amines is 2. The number of nitrogens with one attached hydrogen (secondary N) is 2. The quantitative estimate of drug-likeness (QED) is 0.473. The third kappa shape index (κ3) is 3.82. The summed E-state index contributed by atoms with van der Waals surface area (Å²) in [6.45, 7) is 7.67. The van der Waals surface area contributed by atoms with Gasteiger partial charge < -0.3 is 19.6 Å². The molecule has 1 aliphatic rings. The molecule has 0 bridgehead atoms. The van der Waals surface area contributed by atoms with Crippen molar-refractivity contribution in [1.29, 1.82) is 0 Å². The van der Waals surface area contributed by atoms with Gasteiger partial charge in [-0.05, 0) is 38.5 Å². The molecule has 0 radical (unpaired) electrons. The Labute approximate surface area is 186 Å². The minimum Gasteiger partial charge on any atom is -0.465 e. The van der Waals surface area contributed by atoms with Gasteiger partial charge in [0.2, 0.25) is 0 Å². The SMILES string of the molecule is COC(=O)c1c(C)[nH]c(C(=O)C(C)N2CCN(C(=O)c3cc4ccccc4[nH]3)CC2)c1C. The van der Waals surface area contributed by atoms with Gasteiger partial charge in [-0.3, -0.25) is 14.5 Å². The zero-order valence-electron chi connectivity index (χ0n) is 18.8. The van der Waals surface area contributed by atoms with Gasteiger partial charge >= 0.3 is 5.97 Å². The van der Waals surface area contributed by atoms with E-state index in [-0.39, 0.29) is 17.7 Å². The molecular weight excluding hydrogens is 408 g/mol. The monoisotopic (exact) mass is 436 g/mol. The van der Waals surface area contributed by atoms with Crippen molar-refractivity contribution in [2.75, 3.05) is 33.3 Å². The first-order valence-corrected chi connectivity index (χ1v) is 10.7. The Balaban J connectivity index is 1.42. The molecule has 1 aromatic carbocycles. The summed E-state index contributed by atoms with van der Waals surface area (Å²) < 4.78 is 4.84. The zero-order valence-corrected chi connectivity index (χ0v) is 18.8. The fourth-order valence-corrected chi connectivity index (χ4v) is 4.45. The predicted octanol–water partition coefficient (Wildman–Crippen LogP) is 2.93. The number of fused-ring (bicyclic) bond motifs is 1. The van der Waals surface area contributed by atoms with Gasteiger partial charge in [0.05, 0.1) is 24.4 Å². The number of Topliss-reactive ketones (excluding diaryl/α,β-unsaturated/α-hetero) is 1. The van der Waals surface area contributed by atoms with E-state index in [0.717, 1.165) is 10.9 Å². The Morgan fingerprint density at radius 1 is 1.03 bits per heavy atom. The van der Waals surface area contributed by atoms with Crippen LogP contribution in [0.5, 0.6) is 0 Å². The van der Waals surface area contributed by atoms with Crippen molar-refractivity contribution in [3.8, 4) is 0 Å². The molecule has 1 unspecified atom stereocenters. The second kappa shape index (κ2) is 8.63. The van der Waals surface area contributed by atoms with Crippen molar-refractivity contribution >= 4 is 28.6 Å². The van der Waals surface area contributed by atoms with E-state index in [0.29, 0.717) is 54.4 Å². The highest BCUT2D eigenvalue weighted by molar-refractivity contribution is 6.04. The van der Waals surface area contributed by atoms with Crippen LogP contribution < -0.4 is 0 Å². The number of benzene rings is 1. The van der Waals surface area contributed by atoms with Crippen LogP contribution in [0.4, 0.5) is 0 Å². The molecule has 1 saturated heterocycles. The highest BCUT2D eigenvalue weighted by atomic mass is 16.5. The van der Waals surface area contributed by atoms with E-state index in [1.165, 1.54) is 7.11 Å². The van der Waals surface area contributed by atoms with Gasteiger partial charge in [0.15, 0.2) is 5.78 Å². The first-order valence-electron chi connectivity index (χ1n) is 10.7. The van der Waals surface area contributed by atoms with E-state index in [1.807, 2.05) is 42.2 Å². The number of carbonyl (C=O) groups is 3. The lowest BCUT2D eigenvalue weighted by atomic mass is 10.0. The number of H-pyrrole nitrogens is 2. The number of aromatic nitrogens is 2. The molecule has 4 rings (SSSR count). The average molecular weight is 437 g/mol. The van der Waals surface area contributed by atoms with Gasteiger partial charge in [0, 0.05) is 42.8 Å². The fraction of sp³-hybridized carbons (Fsp3) is 0.375. The maximum atomic E-state index is 13.2. The molecule has 0 spiro atoms. The number of ketones is 1. The fourth-order valence-electron chi connectivity index (χ4n) is 4.45. The van der Waals surface area contributed by atoms with E-state index in [4.69, 9.17) is 4.74 Å². The topological polar surface area (TPSA) is 98.5 Å². The molecule has 1 atom stereocenters. The number of hydrogen-bond acceptors (Lipinski definition) is 5. The van der Waals surface area contributed by atoms with Crippen molar-refractivity contribution in [2.45, 2.75) is 26.8 Å². The summed E-state index contributed by atoms with van der Waals surface area (Å²) in [7, 11) is 1.33. The second-order valence-corrected chi connectivity index (χ2v) is 8.26. The Hall–Kier alpha value is -3.39. The van der Waals surface area contributed by atoms with Crippen LogP contribution >= 0.6 is 0 Å². The number of rotatable bonds is 5. The molecule has 32 heavy (non-hydrogen) atoms. The highest BCUT2D eigenvalue weighted by Crippen LogP contribution is 2.22. The number of ether oxygens (including phenoxy) is 1. The van der Waals surface area contributed by atoms with Crippen molar-refractivity contribution in [3.63, 3.8) is 0 Å². The van der Waals surface area contributed by atoms with E-state index in [9.17, 15) is 14.4 Å². The number of amides is 1. The molecule has 1 fully saturated rings. The summed E-state index contributed by atoms with van der Waals surface area (Å²) >= 11 is 0. The zero-order chi connectivity index (χ0) is 23.0. The highest BCUT2D eigenvalue weighted by Gasteiger charge is 2.31. The first-order chi connectivity index (χ1) is 15.3. The van der Waals surface area contributed by atoms with Crippen molar-refractivity contribution in [2.24, 2.45) is 0 Å². The summed E-state index contributed by atoms with van der Waals surface area (Å²) in [6, 6.07) is 9.32. The molecule has 0 saturated carbocycles. The summed E-state index contributed by atoms with van der Waals surface area (Å²) in [5, 5.41) is 1.01. The lowest BCUT2D eigenvalue weighted by Gasteiger charge is -2.37. The number of aryl methyl sites for hydroxylation is 1. The lowest BCUT2D eigenvalue weighted by molar-refractivity contribution is 0.0546. The first kappa shape index (κ1) is 21.8. The Kier molecular flexibility index (Phi) is 5.88. The van der Waals surface area contributed by atoms with Crippen LogP contribution in [0.25, 0.3) is 10.9 Å². The minimum atomic E-state index is -0.452. The number of nitrogens with zero attached hydrogens (tertiary/aromatic N) is 2. The molecule has 1 aliphatic heterocycles. The maximum absolute atomic E-state index is 13.2. The summed E-state index contributed by atoms with van der Waals surface area (Å²) in [5.74, 6) is -0.554. The second-order valence-electron chi connectivity index (χ2n) is 8.26. The Bertz CT molecular complexity index is 1150. The third-order valence-corrected chi connectivity index (χ3v) is 6.36. The summed E-state index contributed by atoms with van der Waals surface area (Å²) in [4.78, 5) is 48.3. The summed E-state index contributed by atoms with van der Waals surface area (Å²) in [5.41, 5.74) is 3.61. The molecule has 3 aromatic rings. The number of carbonyl (C=O) groups excluding carboxylic acids is 3. The van der Waals surface area contributed by atoms with Gasteiger partial charge in [-0.15, -0.1) is 0 Å². The normalized spacial score (nSPS) is 15.7. The van der Waals surface area contributed by atoms with E-state index < -0.39 is 5.97 Å². The average Bonchev–Trinajstić information content (AvgIpc) is 3.37. The Morgan fingerprint density at radius 2 is 1.72 bits per heavy atom. The standard InChI is InChI=1S/C24H28N4O4/c1-14-20(24(31)32-4)15(2)25-21(14)22(29)16(3)27-9-11-28(12-10-27)23(30)19-13-17-7-5-6-8-18(17)26-19/h5-8,13,16,25-26H,9-12H2,1-4H3. The number of piperazine rings is 1. The van der Waals surface area contributed by atoms with Crippen LogP contribution in [-0.2, 0) is 4.74 Å². The van der Waals surface area contributed by atoms with E-state index in [1.54, 1.807) is 13.8 Å². The largest absolute Gasteiger partial charge is 0.465 e. The maximum Gasteiger partial charge on any atom is 0.339 e. The molecule has 8 nitrogen and oxygen atoms in total. The predicted molar refractivity (Wildman–Crippen MR) is 121 cm³/mol. The van der Waals surface area contributed by atoms with E-state index >= 15 is 0 Å². The van der Waals surface area contributed by atoms with Crippen LogP contribution in [0.15, 0.2) is 30.3 Å². The van der Waals surface area contributed by atoms with Gasteiger partial charge in [-0.1, -0.05) is 18.2 Å². The minimum absolute atomic E-state index is 0.0293. The number of hydrogen-bond donors (Lipinski definition) is 2. The van der Waals surface area contributed by atoms with Gasteiger partial charge in [0.1, 0.15) is 5.69 Å². The third-order valence-electron chi connectivity index (χ3n) is 6.36. The van der Waals surface area contributed by atoms with Crippen LogP contribution in [0.3, 0.4) is 0 Å². The van der Waals surface area contributed by atoms with Crippen molar-refractivity contribution < 1.29 is 19.1 Å². The summed E-state index contributed by atoms with van der Waals surface area (Å²) in [6.07, 6.45) is 0. The van der Waals surface area contributed by atoms with Crippen LogP contribution in [0.1, 0.15) is 49.5 Å². The molecule has 8 heteroatoms. The lowest BCUT2D eigenvalue weighted by Crippen LogP contribution is -2.53. The van der Waals surface area contributed by atoms with Gasteiger partial charge in [0.25, 0.3) is 5.91 Å². The van der Waals surface area contributed by atoms with Gasteiger partial charge in [-0.2, -0.15) is 0 Å². The molecule has 2 N–H and O–H groups in total. The number of esters is 1. The molecule has 0 aliphatic carbocycles. The molecule has 1 amide bonds. The van der Waals surface area contributed by atoms with Gasteiger partial charge in [-0.25, -0.2) is 4.79 Å². The number of para-hydroxylation sites is 1. The van der Waals surface area contributed by atoms with Crippen LogP contribution in [-0.4, -0.2) is 76.8 Å². The van der Waals surface area contributed by atoms with Crippen LogP contribution in [0, 0.1) is 13.8 Å². The van der Waals surface area contributed by atoms with Crippen LogP contribution in [0.2, 0.25) is 0 Å². The van der Waals surface area contributed by atoms with Crippen molar-refractivity contribution in [1.82, 2.24) is 19.8 Å². The van der Waals surface area contributed by atoms with Crippen molar-refractivity contribution in [3.05, 3.63) is 58.5 Å². The smallest absolute Gasteiger partial charge is 0.339 e. The Morgan fingerprint density at radius 3 is 2.38 bits per heavy atom. The molecule has 168 valence electrons. The molecule has 3 heterocycles. The molecular formula is C24H28N4O4. The molecule has 2 aromatic heterocycles.